The normalized spacial score (nSPS) is 36.3. The van der Waals surface area contributed by atoms with E-state index in [-0.39, 0.29) is 18.4 Å². The average molecular weight is 220 g/mol. The molecule has 4 heteroatoms. The van der Waals surface area contributed by atoms with Gasteiger partial charge in [0.25, 0.3) is 0 Å². The quantitative estimate of drug-likeness (QED) is 0.716. The molecule has 0 radical (unpaired) electrons. The van der Waals surface area contributed by atoms with Crippen LogP contribution in [0.3, 0.4) is 0 Å². The van der Waals surface area contributed by atoms with Crippen LogP contribution in [0.25, 0.3) is 0 Å². The van der Waals surface area contributed by atoms with Crippen LogP contribution in [0, 0.1) is 11.8 Å². The fraction of sp³-hybridized carbons (Fsp3) is 0.900. The summed E-state index contributed by atoms with van der Waals surface area (Å²) in [6.45, 7) is 0. The lowest BCUT2D eigenvalue weighted by atomic mass is 9.59. The Morgan fingerprint density at radius 2 is 1.93 bits per heavy atom. The smallest absolute Gasteiger partial charge is 0.325 e. The Hall–Kier alpha value is -0.280. The Bertz CT molecular complexity index is 222. The summed E-state index contributed by atoms with van der Waals surface area (Å²) in [7, 11) is 1.41. The van der Waals surface area contributed by atoms with Gasteiger partial charge in [-0.1, -0.05) is 19.3 Å². The van der Waals surface area contributed by atoms with Gasteiger partial charge >= 0.3 is 5.97 Å². The van der Waals surface area contributed by atoms with Crippen molar-refractivity contribution in [3.63, 3.8) is 0 Å². The molecule has 2 aliphatic carbocycles. The Morgan fingerprint density at radius 3 is 2.29 bits per heavy atom. The van der Waals surface area contributed by atoms with Crippen molar-refractivity contribution in [2.24, 2.45) is 17.6 Å². The van der Waals surface area contributed by atoms with Gasteiger partial charge in [-0.3, -0.25) is 4.79 Å². The number of carbonyl (C=O) groups excluding carboxylic acids is 1. The van der Waals surface area contributed by atoms with Crippen LogP contribution in [0.1, 0.15) is 32.1 Å². The molecular formula is C10H18ClNO2. The summed E-state index contributed by atoms with van der Waals surface area (Å²) < 4.78 is 4.67. The zero-order valence-electron chi connectivity index (χ0n) is 8.49. The average Bonchev–Trinajstić information content (AvgIpc) is 1.96. The predicted octanol–water partition coefficient (Wildman–Crippen LogP) is 1.49. The van der Waals surface area contributed by atoms with Gasteiger partial charge in [-0.2, -0.15) is 0 Å². The van der Waals surface area contributed by atoms with Gasteiger partial charge in [0.2, 0.25) is 0 Å². The SMILES string of the molecule is COC(=O)C1(N)CC(C2CCC2)C1.Cl. The van der Waals surface area contributed by atoms with E-state index in [2.05, 4.69) is 4.74 Å². The molecule has 14 heavy (non-hydrogen) atoms. The minimum absolute atomic E-state index is 0. The molecule has 0 aromatic rings. The van der Waals surface area contributed by atoms with Crippen molar-refractivity contribution in [3.8, 4) is 0 Å². The third-order valence-corrected chi connectivity index (χ3v) is 3.66. The zero-order valence-corrected chi connectivity index (χ0v) is 9.31. The Kier molecular flexibility index (Phi) is 3.43. The number of nitrogens with two attached hydrogens (primary N) is 1. The second-order valence-corrected chi connectivity index (χ2v) is 4.51. The van der Waals surface area contributed by atoms with E-state index in [0.29, 0.717) is 5.92 Å². The first kappa shape index (κ1) is 11.8. The molecule has 0 spiro atoms. The minimum Gasteiger partial charge on any atom is -0.468 e. The summed E-state index contributed by atoms with van der Waals surface area (Å²) in [6.07, 6.45) is 5.70. The standard InChI is InChI=1S/C10H17NO2.ClH/c1-13-9(12)10(11)5-8(6-10)7-3-2-4-7;/h7-8H,2-6,11H2,1H3;1H. The van der Waals surface area contributed by atoms with E-state index in [1.54, 1.807) is 0 Å². The number of carbonyl (C=O) groups is 1. The number of hydrogen-bond acceptors (Lipinski definition) is 3. The second-order valence-electron chi connectivity index (χ2n) is 4.51. The van der Waals surface area contributed by atoms with Gasteiger partial charge < -0.3 is 10.5 Å². The number of hydrogen-bond donors (Lipinski definition) is 1. The summed E-state index contributed by atoms with van der Waals surface area (Å²) in [5.41, 5.74) is 5.25. The highest BCUT2D eigenvalue weighted by Gasteiger charge is 2.51. The summed E-state index contributed by atoms with van der Waals surface area (Å²) >= 11 is 0. The molecule has 3 nitrogen and oxygen atoms in total. The third kappa shape index (κ3) is 1.75. The molecule has 2 saturated carbocycles. The van der Waals surface area contributed by atoms with Crippen LogP contribution in [0.15, 0.2) is 0 Å². The van der Waals surface area contributed by atoms with E-state index in [4.69, 9.17) is 5.73 Å². The molecule has 0 heterocycles. The van der Waals surface area contributed by atoms with Gasteiger partial charge in [-0.05, 0) is 24.7 Å². The number of rotatable bonds is 2. The van der Waals surface area contributed by atoms with E-state index in [0.717, 1.165) is 18.8 Å². The zero-order chi connectivity index (χ0) is 9.47. The van der Waals surface area contributed by atoms with Crippen molar-refractivity contribution < 1.29 is 9.53 Å². The predicted molar refractivity (Wildman–Crippen MR) is 56.2 cm³/mol. The number of esters is 1. The molecule has 82 valence electrons. The monoisotopic (exact) mass is 219 g/mol. The molecule has 0 saturated heterocycles. The Labute approximate surface area is 90.8 Å². The molecule has 2 N–H and O–H groups in total. The molecule has 0 aromatic heterocycles. The highest BCUT2D eigenvalue weighted by atomic mass is 35.5. The Morgan fingerprint density at radius 1 is 1.36 bits per heavy atom. The lowest BCUT2D eigenvalue weighted by Crippen LogP contribution is -2.60. The highest BCUT2D eigenvalue weighted by molar-refractivity contribution is 5.85. The topological polar surface area (TPSA) is 52.3 Å². The lowest BCUT2D eigenvalue weighted by Gasteiger charge is -2.48. The van der Waals surface area contributed by atoms with Gasteiger partial charge in [0.1, 0.15) is 5.54 Å². The first-order valence-corrected chi connectivity index (χ1v) is 5.03. The lowest BCUT2D eigenvalue weighted by molar-refractivity contribution is -0.154. The molecule has 0 bridgehead atoms. The largest absolute Gasteiger partial charge is 0.468 e. The second kappa shape index (κ2) is 4.07. The first-order valence-electron chi connectivity index (χ1n) is 5.03. The van der Waals surface area contributed by atoms with Gasteiger partial charge in [-0.25, -0.2) is 0 Å². The van der Waals surface area contributed by atoms with Crippen molar-refractivity contribution >= 4 is 18.4 Å². The maximum atomic E-state index is 11.2. The summed E-state index contributed by atoms with van der Waals surface area (Å²) in [5.74, 6) is 1.31. The number of halogens is 1. The van der Waals surface area contributed by atoms with Gasteiger partial charge in [0.15, 0.2) is 0 Å². The van der Waals surface area contributed by atoms with Crippen molar-refractivity contribution in [1.29, 1.82) is 0 Å². The van der Waals surface area contributed by atoms with Crippen molar-refractivity contribution in [2.45, 2.75) is 37.6 Å². The first-order chi connectivity index (χ1) is 6.15. The number of methoxy groups -OCH3 is 1. The van der Waals surface area contributed by atoms with Crippen molar-refractivity contribution in [2.75, 3.05) is 7.11 Å². The molecule has 2 aliphatic rings. The van der Waals surface area contributed by atoms with Crippen LogP contribution in [0.4, 0.5) is 0 Å². The summed E-state index contributed by atoms with van der Waals surface area (Å²) in [5, 5.41) is 0. The summed E-state index contributed by atoms with van der Waals surface area (Å²) in [4.78, 5) is 11.2. The van der Waals surface area contributed by atoms with Gasteiger partial charge in [-0.15, -0.1) is 12.4 Å². The summed E-state index contributed by atoms with van der Waals surface area (Å²) in [6, 6.07) is 0. The van der Waals surface area contributed by atoms with Crippen LogP contribution >= 0.6 is 12.4 Å². The Balaban J connectivity index is 0.000000980. The van der Waals surface area contributed by atoms with Crippen LogP contribution in [0.5, 0.6) is 0 Å². The minimum atomic E-state index is -0.644. The molecule has 0 amide bonds. The van der Waals surface area contributed by atoms with E-state index < -0.39 is 5.54 Å². The maximum Gasteiger partial charge on any atom is 0.325 e. The van der Waals surface area contributed by atoms with Crippen LogP contribution in [-0.2, 0) is 9.53 Å². The number of ether oxygens (including phenoxy) is 1. The molecular weight excluding hydrogens is 202 g/mol. The maximum absolute atomic E-state index is 11.2. The van der Waals surface area contributed by atoms with Crippen LogP contribution in [-0.4, -0.2) is 18.6 Å². The fourth-order valence-corrected chi connectivity index (χ4v) is 2.49. The van der Waals surface area contributed by atoms with E-state index >= 15 is 0 Å². The van der Waals surface area contributed by atoms with E-state index in [9.17, 15) is 4.79 Å². The van der Waals surface area contributed by atoms with E-state index in [1.165, 1.54) is 26.4 Å². The highest BCUT2D eigenvalue weighted by Crippen LogP contribution is 2.48. The third-order valence-electron chi connectivity index (χ3n) is 3.66. The van der Waals surface area contributed by atoms with Crippen molar-refractivity contribution in [1.82, 2.24) is 0 Å². The molecule has 0 atom stereocenters. The molecule has 0 aliphatic heterocycles. The van der Waals surface area contributed by atoms with Crippen LogP contribution < -0.4 is 5.73 Å². The van der Waals surface area contributed by atoms with Crippen molar-refractivity contribution in [3.05, 3.63) is 0 Å². The molecule has 2 rings (SSSR count). The van der Waals surface area contributed by atoms with E-state index in [1.807, 2.05) is 0 Å². The molecule has 0 aromatic carbocycles. The van der Waals surface area contributed by atoms with Gasteiger partial charge in [0.05, 0.1) is 7.11 Å². The molecule has 2 fully saturated rings. The van der Waals surface area contributed by atoms with Crippen LogP contribution in [0.2, 0.25) is 0 Å². The fourth-order valence-electron chi connectivity index (χ4n) is 2.49. The molecule has 0 unspecified atom stereocenters. The van der Waals surface area contributed by atoms with Gasteiger partial charge in [0, 0.05) is 0 Å².